The van der Waals surface area contributed by atoms with Gasteiger partial charge in [0.05, 0.1) is 38.3 Å². The molecule has 4 heterocycles. The summed E-state index contributed by atoms with van der Waals surface area (Å²) in [5.74, 6) is 2.23. The molecule has 6 rings (SSSR count). The standard InChI is InChI=1S/C36H54N4O5/c1-4-36(42-3)35(39(26-29-7-8-29)27-30-15-21-44-22-16-30)32-13-14-33(41-2)34(40(32)37-36)31-11-9-28(10-12-31)6-5-20-43-23-17-38-18-24-45-25-19-38/h9-14,29-30,37H,4-8,15-27H2,1-3H3. The van der Waals surface area contributed by atoms with Crippen LogP contribution in [0.25, 0.3) is 5.70 Å². The first kappa shape index (κ1) is 32.5. The Bertz CT molecular complexity index is 1190. The normalized spacial score (nSPS) is 24.5. The van der Waals surface area contributed by atoms with Crippen molar-refractivity contribution in [3.05, 3.63) is 64.7 Å². The van der Waals surface area contributed by atoms with E-state index < -0.39 is 5.72 Å². The second-order valence-corrected chi connectivity index (χ2v) is 13.1. The molecule has 0 aromatic heterocycles. The zero-order valence-electron chi connectivity index (χ0n) is 27.7. The van der Waals surface area contributed by atoms with Crippen molar-refractivity contribution >= 4 is 5.70 Å². The maximum absolute atomic E-state index is 6.41. The Labute approximate surface area is 270 Å². The van der Waals surface area contributed by atoms with Gasteiger partial charge in [-0.25, -0.2) is 0 Å². The summed E-state index contributed by atoms with van der Waals surface area (Å²) in [6, 6.07) is 8.94. The Morgan fingerprint density at radius 1 is 0.911 bits per heavy atom. The number of aryl methyl sites for hydroxylation is 1. The van der Waals surface area contributed by atoms with Crippen molar-refractivity contribution in [2.24, 2.45) is 11.8 Å². The van der Waals surface area contributed by atoms with Crippen molar-refractivity contribution in [1.82, 2.24) is 20.2 Å². The van der Waals surface area contributed by atoms with E-state index in [4.69, 9.17) is 23.7 Å². The molecule has 0 radical (unpaired) electrons. The average Bonchev–Trinajstić information content (AvgIpc) is 3.85. The fourth-order valence-corrected chi connectivity index (χ4v) is 7.10. The van der Waals surface area contributed by atoms with Crippen LogP contribution in [0.4, 0.5) is 0 Å². The summed E-state index contributed by atoms with van der Waals surface area (Å²) in [5, 5.41) is 2.22. The summed E-state index contributed by atoms with van der Waals surface area (Å²) in [6.07, 6.45) is 12.0. The molecule has 1 N–H and O–H groups in total. The summed E-state index contributed by atoms with van der Waals surface area (Å²) < 4.78 is 29.5. The van der Waals surface area contributed by atoms with E-state index in [2.05, 4.69) is 63.6 Å². The zero-order valence-corrected chi connectivity index (χ0v) is 27.7. The highest BCUT2D eigenvalue weighted by Crippen LogP contribution is 2.45. The highest BCUT2D eigenvalue weighted by Gasteiger charge is 2.49. The van der Waals surface area contributed by atoms with Crippen molar-refractivity contribution < 1.29 is 23.7 Å². The van der Waals surface area contributed by atoms with Crippen LogP contribution in [0.3, 0.4) is 0 Å². The Kier molecular flexibility index (Phi) is 11.2. The van der Waals surface area contributed by atoms with Gasteiger partial charge >= 0.3 is 0 Å². The highest BCUT2D eigenvalue weighted by molar-refractivity contribution is 5.73. The van der Waals surface area contributed by atoms with E-state index in [0.29, 0.717) is 5.92 Å². The Hall–Kier alpha value is -2.40. The predicted molar refractivity (Wildman–Crippen MR) is 176 cm³/mol. The Balaban J connectivity index is 1.16. The van der Waals surface area contributed by atoms with Crippen LogP contribution >= 0.6 is 0 Å². The van der Waals surface area contributed by atoms with Crippen molar-refractivity contribution in [3.8, 4) is 0 Å². The van der Waals surface area contributed by atoms with Crippen LogP contribution in [0, 0.1) is 11.8 Å². The number of rotatable bonds is 16. The topological polar surface area (TPSA) is 67.9 Å². The maximum atomic E-state index is 6.41. The van der Waals surface area contributed by atoms with Crippen molar-refractivity contribution in [1.29, 1.82) is 0 Å². The first-order valence-electron chi connectivity index (χ1n) is 17.3. The van der Waals surface area contributed by atoms with Gasteiger partial charge in [0.1, 0.15) is 11.5 Å². The number of nitrogens with zero attached hydrogens (tertiary/aromatic N) is 3. The van der Waals surface area contributed by atoms with Gasteiger partial charge in [-0.3, -0.25) is 9.91 Å². The lowest BCUT2D eigenvalue weighted by atomic mass is 9.96. The first-order valence-corrected chi connectivity index (χ1v) is 17.3. The number of benzene rings is 1. The van der Waals surface area contributed by atoms with Gasteiger partial charge in [-0.1, -0.05) is 31.2 Å². The smallest absolute Gasteiger partial charge is 0.178 e. The molecular formula is C36H54N4O5. The fourth-order valence-electron chi connectivity index (χ4n) is 7.10. The van der Waals surface area contributed by atoms with E-state index in [1.165, 1.54) is 24.1 Å². The second kappa shape index (κ2) is 15.5. The van der Waals surface area contributed by atoms with Crippen LogP contribution in [0.5, 0.6) is 0 Å². The van der Waals surface area contributed by atoms with Crippen LogP contribution in [0.15, 0.2) is 53.6 Å². The third-order valence-electron chi connectivity index (χ3n) is 10.0. The quantitative estimate of drug-likeness (QED) is 0.263. The molecule has 2 saturated heterocycles. The minimum absolute atomic E-state index is 0.615. The van der Waals surface area contributed by atoms with E-state index in [-0.39, 0.29) is 0 Å². The van der Waals surface area contributed by atoms with Gasteiger partial charge in [-0.15, -0.1) is 0 Å². The number of morpholine rings is 1. The largest absolute Gasteiger partial charge is 0.494 e. The minimum Gasteiger partial charge on any atom is -0.494 e. The minimum atomic E-state index is -0.615. The second-order valence-electron chi connectivity index (χ2n) is 13.1. The van der Waals surface area contributed by atoms with E-state index in [9.17, 15) is 0 Å². The molecule has 0 bridgehead atoms. The van der Waals surface area contributed by atoms with Gasteiger partial charge in [0.2, 0.25) is 0 Å². The number of fused-ring (bicyclic) bond motifs is 1. The average molecular weight is 623 g/mol. The molecule has 0 spiro atoms. The van der Waals surface area contributed by atoms with Gasteiger partial charge < -0.3 is 28.6 Å². The molecule has 248 valence electrons. The Morgan fingerprint density at radius 3 is 2.29 bits per heavy atom. The molecule has 1 aromatic rings. The summed E-state index contributed by atoms with van der Waals surface area (Å²) >= 11 is 0. The maximum Gasteiger partial charge on any atom is 0.178 e. The number of methoxy groups -OCH3 is 2. The molecule has 5 aliphatic rings. The molecular weight excluding hydrogens is 568 g/mol. The number of hydrogen-bond donors (Lipinski definition) is 1. The molecule has 9 heteroatoms. The molecule has 1 aromatic carbocycles. The molecule has 0 amide bonds. The fraction of sp³-hybridized carbons (Fsp3) is 0.667. The summed E-state index contributed by atoms with van der Waals surface area (Å²) in [4.78, 5) is 5.06. The van der Waals surface area contributed by atoms with Crippen molar-refractivity contribution in [2.75, 3.05) is 86.6 Å². The highest BCUT2D eigenvalue weighted by atomic mass is 16.5. The molecule has 45 heavy (non-hydrogen) atoms. The molecule has 3 fully saturated rings. The van der Waals surface area contributed by atoms with E-state index in [0.717, 1.165) is 133 Å². The molecule has 1 atom stereocenters. The van der Waals surface area contributed by atoms with Crippen LogP contribution in [0.1, 0.15) is 56.6 Å². The number of allylic oxidation sites excluding steroid dienone is 2. The predicted octanol–water partition coefficient (Wildman–Crippen LogP) is 4.78. The van der Waals surface area contributed by atoms with E-state index in [1.54, 1.807) is 7.11 Å². The van der Waals surface area contributed by atoms with Gasteiger partial charge in [0.25, 0.3) is 0 Å². The number of ether oxygens (including phenoxy) is 5. The monoisotopic (exact) mass is 622 g/mol. The summed E-state index contributed by atoms with van der Waals surface area (Å²) in [5.41, 5.74) is 9.07. The molecule has 1 aliphatic carbocycles. The molecule has 4 aliphatic heterocycles. The lowest BCUT2D eigenvalue weighted by molar-refractivity contribution is -0.0470. The lowest BCUT2D eigenvalue weighted by Gasteiger charge is -2.39. The van der Waals surface area contributed by atoms with Gasteiger partial charge in [0, 0.05) is 65.2 Å². The lowest BCUT2D eigenvalue weighted by Crippen LogP contribution is -2.52. The van der Waals surface area contributed by atoms with Crippen molar-refractivity contribution in [3.63, 3.8) is 0 Å². The van der Waals surface area contributed by atoms with Gasteiger partial charge in [-0.05, 0) is 74.5 Å². The SMILES string of the molecule is CCC1(OC)NN2C(=C1N(CC1CCOCC1)CC1CC1)C=CC(OC)=C2c1ccc(CCCOCCN2CCOCC2)cc1. The zero-order chi connectivity index (χ0) is 31.1. The van der Waals surface area contributed by atoms with Crippen molar-refractivity contribution in [2.45, 2.75) is 57.6 Å². The van der Waals surface area contributed by atoms with Crippen LogP contribution in [0.2, 0.25) is 0 Å². The van der Waals surface area contributed by atoms with E-state index in [1.807, 2.05) is 7.11 Å². The molecule has 1 unspecified atom stereocenters. The van der Waals surface area contributed by atoms with Crippen LogP contribution in [-0.2, 0) is 30.1 Å². The van der Waals surface area contributed by atoms with Crippen LogP contribution in [-0.4, -0.2) is 107 Å². The number of hydrogen-bond acceptors (Lipinski definition) is 9. The van der Waals surface area contributed by atoms with Crippen LogP contribution < -0.4 is 5.43 Å². The van der Waals surface area contributed by atoms with Gasteiger partial charge in [0.15, 0.2) is 5.72 Å². The molecule has 1 saturated carbocycles. The van der Waals surface area contributed by atoms with Gasteiger partial charge in [-0.2, -0.15) is 5.43 Å². The van der Waals surface area contributed by atoms with E-state index >= 15 is 0 Å². The number of hydrazine groups is 1. The summed E-state index contributed by atoms with van der Waals surface area (Å²) in [7, 11) is 3.59. The summed E-state index contributed by atoms with van der Waals surface area (Å²) in [6.45, 7) is 12.3. The number of nitrogens with one attached hydrogen (secondary N) is 1. The first-order chi connectivity index (χ1) is 22.1. The molecule has 9 nitrogen and oxygen atoms in total. The third-order valence-corrected chi connectivity index (χ3v) is 10.0. The third kappa shape index (κ3) is 7.77. The Morgan fingerprint density at radius 2 is 1.62 bits per heavy atom.